The highest BCUT2D eigenvalue weighted by Gasteiger charge is 2.32. The molecule has 0 unspecified atom stereocenters. The van der Waals surface area contributed by atoms with Gasteiger partial charge in [0, 0.05) is 12.6 Å². The van der Waals surface area contributed by atoms with Gasteiger partial charge in [0.15, 0.2) is 0 Å². The Bertz CT molecular complexity index is 576. The van der Waals surface area contributed by atoms with E-state index in [1.54, 1.807) is 0 Å². The fourth-order valence-electron chi connectivity index (χ4n) is 2.41. The van der Waals surface area contributed by atoms with Crippen LogP contribution >= 0.6 is 11.3 Å². The first-order valence-electron chi connectivity index (χ1n) is 6.52. The highest BCUT2D eigenvalue weighted by molar-refractivity contribution is 7.91. The van der Waals surface area contributed by atoms with Crippen LogP contribution in [0.4, 0.5) is 0 Å². The summed E-state index contributed by atoms with van der Waals surface area (Å²) in [6.45, 7) is 3.82. The van der Waals surface area contributed by atoms with E-state index in [0.29, 0.717) is 6.54 Å². The Morgan fingerprint density at radius 1 is 1.45 bits per heavy atom. The number of hydrogen-bond donors (Lipinski definition) is 2. The summed E-state index contributed by atoms with van der Waals surface area (Å²) in [4.78, 5) is 10.9. The number of hydrogen-bond acceptors (Lipinski definition) is 5. The smallest absolute Gasteiger partial charge is 0.345 e. The minimum absolute atomic E-state index is 0.0124. The summed E-state index contributed by atoms with van der Waals surface area (Å²) in [5.41, 5.74) is 0. The highest BCUT2D eigenvalue weighted by atomic mass is 32.2. The van der Waals surface area contributed by atoms with Crippen molar-refractivity contribution in [2.75, 3.05) is 19.6 Å². The topological polar surface area (TPSA) is 86.7 Å². The van der Waals surface area contributed by atoms with Crippen LogP contribution in [0.5, 0.6) is 0 Å². The number of sulfonamides is 1. The van der Waals surface area contributed by atoms with E-state index >= 15 is 0 Å². The number of aromatic carboxylic acids is 1. The van der Waals surface area contributed by atoms with Crippen molar-refractivity contribution < 1.29 is 18.3 Å². The predicted octanol–water partition coefficient (Wildman–Crippen LogP) is 1.21. The molecule has 0 spiro atoms. The van der Waals surface area contributed by atoms with Gasteiger partial charge in [-0.05, 0) is 38.1 Å². The number of nitrogens with one attached hydrogen (secondary N) is 1. The Balaban J connectivity index is 2.28. The van der Waals surface area contributed by atoms with Gasteiger partial charge in [0.05, 0.1) is 0 Å². The van der Waals surface area contributed by atoms with Crippen molar-refractivity contribution in [2.45, 2.75) is 30.0 Å². The summed E-state index contributed by atoms with van der Waals surface area (Å²) in [5.74, 6) is -1.10. The van der Waals surface area contributed by atoms with Crippen molar-refractivity contribution >= 4 is 27.3 Å². The van der Waals surface area contributed by atoms with Crippen LogP contribution in [0.1, 0.15) is 29.4 Å². The molecule has 2 rings (SSSR count). The molecule has 0 aliphatic carbocycles. The standard InChI is InChI=1S/C12H18N2O4S2/c1-2-14(9-5-7-13-8-6-9)20(17,18)11-4-3-10(19-11)12(15)16/h3-4,9,13H,2,5-8H2,1H3,(H,15,16). The first-order chi connectivity index (χ1) is 9.46. The first-order valence-corrected chi connectivity index (χ1v) is 8.78. The number of carboxylic acids is 1. The van der Waals surface area contributed by atoms with Crippen molar-refractivity contribution in [1.82, 2.24) is 9.62 Å². The van der Waals surface area contributed by atoms with Crippen molar-refractivity contribution in [1.29, 1.82) is 0 Å². The van der Waals surface area contributed by atoms with E-state index in [0.717, 1.165) is 37.3 Å². The monoisotopic (exact) mass is 318 g/mol. The third kappa shape index (κ3) is 3.03. The van der Waals surface area contributed by atoms with Crippen molar-refractivity contribution in [3.63, 3.8) is 0 Å². The Morgan fingerprint density at radius 3 is 2.60 bits per heavy atom. The first kappa shape index (κ1) is 15.4. The van der Waals surface area contributed by atoms with E-state index < -0.39 is 16.0 Å². The summed E-state index contributed by atoms with van der Waals surface area (Å²) < 4.78 is 26.8. The predicted molar refractivity (Wildman–Crippen MR) is 76.7 cm³/mol. The van der Waals surface area contributed by atoms with E-state index in [4.69, 9.17) is 5.11 Å². The molecule has 1 aliphatic heterocycles. The van der Waals surface area contributed by atoms with Crippen LogP contribution in [0.3, 0.4) is 0 Å². The fourth-order valence-corrected chi connectivity index (χ4v) is 5.38. The Kier molecular flexibility index (Phi) is 4.79. The molecule has 2 N–H and O–H groups in total. The molecule has 1 aromatic rings. The summed E-state index contributed by atoms with van der Waals surface area (Å²) in [7, 11) is -3.60. The van der Waals surface area contributed by atoms with Gasteiger partial charge in [0.2, 0.25) is 0 Å². The number of carboxylic acid groups (broad SMARTS) is 1. The van der Waals surface area contributed by atoms with Crippen LogP contribution in [0.2, 0.25) is 0 Å². The zero-order valence-electron chi connectivity index (χ0n) is 11.2. The Labute approximate surface area is 122 Å². The fraction of sp³-hybridized carbons (Fsp3) is 0.583. The molecule has 0 bridgehead atoms. The van der Waals surface area contributed by atoms with Crippen LogP contribution in [0.15, 0.2) is 16.3 Å². The minimum atomic E-state index is -3.60. The van der Waals surface area contributed by atoms with Gasteiger partial charge in [0.1, 0.15) is 9.09 Å². The number of piperidine rings is 1. The molecule has 0 atom stereocenters. The number of carbonyl (C=O) groups is 1. The lowest BCUT2D eigenvalue weighted by Gasteiger charge is -2.32. The maximum Gasteiger partial charge on any atom is 0.345 e. The second kappa shape index (κ2) is 6.21. The summed E-state index contributed by atoms with van der Waals surface area (Å²) in [6, 6.07) is 2.71. The number of rotatable bonds is 5. The van der Waals surface area contributed by atoms with E-state index in [2.05, 4.69) is 5.32 Å². The second-order valence-electron chi connectivity index (χ2n) is 4.61. The normalized spacial score (nSPS) is 17.5. The zero-order chi connectivity index (χ0) is 14.8. The molecule has 2 heterocycles. The average molecular weight is 318 g/mol. The zero-order valence-corrected chi connectivity index (χ0v) is 12.8. The molecule has 0 aromatic carbocycles. The second-order valence-corrected chi connectivity index (χ2v) is 7.81. The van der Waals surface area contributed by atoms with Crippen LogP contribution in [0, 0.1) is 0 Å². The lowest BCUT2D eigenvalue weighted by Crippen LogP contribution is -2.45. The van der Waals surface area contributed by atoms with Crippen LogP contribution in [0.25, 0.3) is 0 Å². The SMILES string of the molecule is CCN(C1CCNCC1)S(=O)(=O)c1ccc(C(=O)O)s1. The minimum Gasteiger partial charge on any atom is -0.477 e. The van der Waals surface area contributed by atoms with E-state index in [1.807, 2.05) is 6.92 Å². The third-order valence-corrected chi connectivity index (χ3v) is 6.95. The summed E-state index contributed by atoms with van der Waals surface area (Å²) >= 11 is 0.811. The molecule has 0 amide bonds. The van der Waals surface area contributed by atoms with Crippen molar-refractivity contribution in [2.24, 2.45) is 0 Å². The Hall–Kier alpha value is -0.960. The van der Waals surface area contributed by atoms with E-state index in [-0.39, 0.29) is 15.1 Å². The van der Waals surface area contributed by atoms with Gasteiger partial charge in [-0.15, -0.1) is 11.3 Å². The molecule has 1 aliphatic rings. The van der Waals surface area contributed by atoms with E-state index in [1.165, 1.54) is 16.4 Å². The maximum absolute atomic E-state index is 12.6. The molecule has 112 valence electrons. The molecule has 20 heavy (non-hydrogen) atoms. The van der Waals surface area contributed by atoms with Crippen molar-refractivity contribution in [3.8, 4) is 0 Å². The van der Waals surface area contributed by atoms with Gasteiger partial charge in [-0.25, -0.2) is 13.2 Å². The van der Waals surface area contributed by atoms with Gasteiger partial charge in [0.25, 0.3) is 10.0 Å². The lowest BCUT2D eigenvalue weighted by molar-refractivity contribution is 0.0702. The van der Waals surface area contributed by atoms with E-state index in [9.17, 15) is 13.2 Å². The molecule has 1 saturated heterocycles. The van der Waals surface area contributed by atoms with Crippen LogP contribution in [-0.4, -0.2) is 49.5 Å². The molecular formula is C12H18N2O4S2. The van der Waals surface area contributed by atoms with Gasteiger partial charge >= 0.3 is 5.97 Å². The van der Waals surface area contributed by atoms with Crippen LogP contribution < -0.4 is 5.32 Å². The van der Waals surface area contributed by atoms with Crippen LogP contribution in [-0.2, 0) is 10.0 Å². The summed E-state index contributed by atoms with van der Waals surface area (Å²) in [6.07, 6.45) is 1.56. The quantitative estimate of drug-likeness (QED) is 0.852. The highest BCUT2D eigenvalue weighted by Crippen LogP contribution is 2.28. The summed E-state index contributed by atoms with van der Waals surface area (Å²) in [5, 5.41) is 12.1. The molecule has 6 nitrogen and oxygen atoms in total. The maximum atomic E-state index is 12.6. The van der Waals surface area contributed by atoms with Gasteiger partial charge < -0.3 is 10.4 Å². The van der Waals surface area contributed by atoms with Gasteiger partial charge in [-0.3, -0.25) is 0 Å². The molecular weight excluding hydrogens is 300 g/mol. The van der Waals surface area contributed by atoms with Gasteiger partial charge in [-0.2, -0.15) is 4.31 Å². The molecule has 0 saturated carbocycles. The molecule has 1 aromatic heterocycles. The average Bonchev–Trinajstić information content (AvgIpc) is 2.91. The van der Waals surface area contributed by atoms with Gasteiger partial charge in [-0.1, -0.05) is 6.92 Å². The number of nitrogens with zero attached hydrogens (tertiary/aromatic N) is 1. The largest absolute Gasteiger partial charge is 0.477 e. The molecule has 8 heteroatoms. The Morgan fingerprint density at radius 2 is 2.10 bits per heavy atom. The lowest BCUT2D eigenvalue weighted by atomic mass is 10.1. The third-order valence-electron chi connectivity index (χ3n) is 3.38. The molecule has 1 fully saturated rings. The van der Waals surface area contributed by atoms with Crippen molar-refractivity contribution in [3.05, 3.63) is 17.0 Å². The number of thiophene rings is 1. The molecule has 0 radical (unpaired) electrons.